The predicted molar refractivity (Wildman–Crippen MR) is 117 cm³/mol. The molecule has 3 nitrogen and oxygen atoms in total. The van der Waals surface area contributed by atoms with Gasteiger partial charge in [-0.3, -0.25) is 4.79 Å². The van der Waals surface area contributed by atoms with Crippen LogP contribution in [0.15, 0.2) is 76.9 Å². The largest absolute Gasteiger partial charge is 0.490 e. The number of carbonyl (C=O) groups is 1. The summed E-state index contributed by atoms with van der Waals surface area (Å²) in [6, 6.07) is 17.9. The molecule has 1 aliphatic rings. The smallest absolute Gasteiger partial charge is 0.244 e. The number of carbonyl (C=O) groups excluding carboxylic acids is 1. The number of ether oxygens (including phenoxy) is 1. The molecule has 0 radical (unpaired) electrons. The fraction of sp³-hybridized carbons (Fsp3) is 0.182. The molecule has 138 valence electrons. The van der Waals surface area contributed by atoms with Gasteiger partial charge in [0.2, 0.25) is 5.12 Å². The summed E-state index contributed by atoms with van der Waals surface area (Å²) < 4.78 is 6.46. The molecule has 0 aromatic heterocycles. The zero-order valence-electron chi connectivity index (χ0n) is 15.3. The first-order chi connectivity index (χ1) is 13.1. The van der Waals surface area contributed by atoms with E-state index in [4.69, 9.17) is 4.74 Å². The Kier molecular flexibility index (Phi) is 6.96. The van der Waals surface area contributed by atoms with E-state index in [2.05, 4.69) is 17.1 Å². The van der Waals surface area contributed by atoms with E-state index in [0.717, 1.165) is 21.4 Å². The van der Waals surface area contributed by atoms with Crippen LogP contribution in [0.3, 0.4) is 0 Å². The molecule has 0 aliphatic carbocycles. The lowest BCUT2D eigenvalue weighted by Gasteiger charge is -2.04. The Morgan fingerprint density at radius 2 is 1.85 bits per heavy atom. The third kappa shape index (κ3) is 6.15. The number of rotatable bonds is 6. The number of allylic oxidation sites excluding steroid dienone is 1. The molecule has 1 aliphatic heterocycles. The quantitative estimate of drug-likeness (QED) is 0.448. The van der Waals surface area contributed by atoms with Crippen molar-refractivity contribution in [2.45, 2.75) is 19.6 Å². The lowest BCUT2D eigenvalue weighted by atomic mass is 10.2. The highest BCUT2D eigenvalue weighted by Crippen LogP contribution is 2.32. The van der Waals surface area contributed by atoms with Crippen molar-refractivity contribution in [1.29, 1.82) is 0 Å². The maximum absolute atomic E-state index is 12.2. The SMILES string of the molecule is CC(C)=CCOc1ccc(/C=C2/N=C(SCc3ccccc3)SC2=O)cc1. The first-order valence-electron chi connectivity index (χ1n) is 8.66. The van der Waals surface area contributed by atoms with Gasteiger partial charge in [0, 0.05) is 5.75 Å². The number of thioether (sulfide) groups is 2. The van der Waals surface area contributed by atoms with Crippen LogP contribution in [0.1, 0.15) is 25.0 Å². The summed E-state index contributed by atoms with van der Waals surface area (Å²) in [6.07, 6.45) is 3.86. The molecule has 0 atom stereocenters. The van der Waals surface area contributed by atoms with E-state index in [1.165, 1.54) is 22.9 Å². The molecular weight excluding hydrogens is 374 g/mol. The highest BCUT2D eigenvalue weighted by molar-refractivity contribution is 8.45. The van der Waals surface area contributed by atoms with Gasteiger partial charge in [-0.1, -0.05) is 59.8 Å². The molecule has 1 heterocycles. The zero-order valence-corrected chi connectivity index (χ0v) is 17.0. The average Bonchev–Trinajstić information content (AvgIpc) is 3.01. The standard InChI is InChI=1S/C22H21NO2S2/c1-16(2)12-13-25-19-10-8-17(9-11-19)14-20-21(24)27-22(23-20)26-15-18-6-4-3-5-7-18/h3-12,14H,13,15H2,1-2H3/b20-14+. The third-order valence-electron chi connectivity index (χ3n) is 3.73. The lowest BCUT2D eigenvalue weighted by Crippen LogP contribution is -1.94. The molecule has 3 rings (SSSR count). The average molecular weight is 396 g/mol. The van der Waals surface area contributed by atoms with Crippen molar-refractivity contribution in [2.24, 2.45) is 4.99 Å². The Hall–Kier alpha value is -2.24. The Bertz CT molecular complexity index is 880. The van der Waals surface area contributed by atoms with Crippen LogP contribution in [0.2, 0.25) is 0 Å². The Morgan fingerprint density at radius 3 is 2.56 bits per heavy atom. The first-order valence-corrected chi connectivity index (χ1v) is 10.5. The zero-order chi connectivity index (χ0) is 19.1. The van der Waals surface area contributed by atoms with E-state index < -0.39 is 0 Å². The van der Waals surface area contributed by atoms with Crippen LogP contribution < -0.4 is 4.74 Å². The molecule has 0 amide bonds. The van der Waals surface area contributed by atoms with Crippen molar-refractivity contribution in [1.82, 2.24) is 0 Å². The van der Waals surface area contributed by atoms with Gasteiger partial charge in [-0.15, -0.1) is 0 Å². The monoisotopic (exact) mass is 395 g/mol. The highest BCUT2D eigenvalue weighted by atomic mass is 32.2. The van der Waals surface area contributed by atoms with Crippen molar-refractivity contribution in [3.63, 3.8) is 0 Å². The van der Waals surface area contributed by atoms with E-state index in [-0.39, 0.29) is 5.12 Å². The number of benzene rings is 2. The van der Waals surface area contributed by atoms with Gasteiger partial charge in [-0.25, -0.2) is 4.99 Å². The third-order valence-corrected chi connectivity index (χ3v) is 5.81. The summed E-state index contributed by atoms with van der Waals surface area (Å²) in [7, 11) is 0. The normalized spacial score (nSPS) is 15.0. The van der Waals surface area contributed by atoms with Crippen molar-refractivity contribution < 1.29 is 9.53 Å². The molecule has 0 spiro atoms. The summed E-state index contributed by atoms with van der Waals surface area (Å²) in [5.41, 5.74) is 3.88. The maximum Gasteiger partial charge on any atom is 0.244 e. The van der Waals surface area contributed by atoms with E-state index in [1.807, 2.05) is 68.5 Å². The van der Waals surface area contributed by atoms with Gasteiger partial charge < -0.3 is 4.74 Å². The van der Waals surface area contributed by atoms with Crippen LogP contribution >= 0.6 is 23.5 Å². The van der Waals surface area contributed by atoms with Crippen molar-refractivity contribution in [2.75, 3.05) is 6.61 Å². The fourth-order valence-electron chi connectivity index (χ4n) is 2.29. The minimum Gasteiger partial charge on any atom is -0.490 e. The van der Waals surface area contributed by atoms with E-state index in [0.29, 0.717) is 12.3 Å². The molecule has 5 heteroatoms. The van der Waals surface area contributed by atoms with E-state index in [9.17, 15) is 4.79 Å². The first kappa shape index (κ1) is 19.5. The van der Waals surface area contributed by atoms with E-state index in [1.54, 1.807) is 11.8 Å². The molecule has 2 aromatic carbocycles. The van der Waals surface area contributed by atoms with Gasteiger partial charge in [-0.2, -0.15) is 0 Å². The van der Waals surface area contributed by atoms with Crippen LogP contribution in [0, 0.1) is 0 Å². The molecule has 0 fully saturated rings. The molecule has 0 bridgehead atoms. The highest BCUT2D eigenvalue weighted by Gasteiger charge is 2.22. The van der Waals surface area contributed by atoms with Crippen molar-refractivity contribution >= 4 is 39.1 Å². The van der Waals surface area contributed by atoms with Crippen LogP contribution in [-0.2, 0) is 10.5 Å². The molecule has 0 N–H and O–H groups in total. The Labute approximate surface area is 168 Å². The summed E-state index contributed by atoms with van der Waals surface area (Å²) in [4.78, 5) is 16.7. The molecule has 0 saturated heterocycles. The van der Waals surface area contributed by atoms with Crippen molar-refractivity contribution in [3.05, 3.63) is 83.1 Å². The summed E-state index contributed by atoms with van der Waals surface area (Å²) in [5.74, 6) is 1.62. The topological polar surface area (TPSA) is 38.7 Å². The van der Waals surface area contributed by atoms with Gasteiger partial charge in [0.15, 0.2) is 0 Å². The van der Waals surface area contributed by atoms with Gasteiger partial charge in [-0.05, 0) is 61.0 Å². The minimum atomic E-state index is -0.00514. The molecule has 0 saturated carbocycles. The number of aliphatic imine (C=N–C) groups is 1. The van der Waals surface area contributed by atoms with Gasteiger partial charge >= 0.3 is 0 Å². The summed E-state index contributed by atoms with van der Waals surface area (Å²) in [5, 5.41) is -0.00514. The Balaban J connectivity index is 1.61. The minimum absolute atomic E-state index is 0.00514. The molecule has 27 heavy (non-hydrogen) atoms. The second kappa shape index (κ2) is 9.62. The second-order valence-corrected chi connectivity index (χ2v) is 8.42. The van der Waals surface area contributed by atoms with Crippen LogP contribution in [0.25, 0.3) is 6.08 Å². The fourth-order valence-corrected chi connectivity index (χ4v) is 4.09. The van der Waals surface area contributed by atoms with Gasteiger partial charge in [0.1, 0.15) is 22.4 Å². The number of hydrogen-bond donors (Lipinski definition) is 0. The van der Waals surface area contributed by atoms with Crippen LogP contribution in [0.5, 0.6) is 5.75 Å². The van der Waals surface area contributed by atoms with Crippen LogP contribution in [0.4, 0.5) is 0 Å². The predicted octanol–water partition coefficient (Wildman–Crippen LogP) is 5.94. The van der Waals surface area contributed by atoms with Crippen LogP contribution in [-0.4, -0.2) is 16.1 Å². The molecular formula is C22H21NO2S2. The van der Waals surface area contributed by atoms with Gasteiger partial charge in [0.05, 0.1) is 0 Å². The second-order valence-electron chi connectivity index (χ2n) is 6.23. The lowest BCUT2D eigenvalue weighted by molar-refractivity contribution is -0.107. The molecule has 2 aromatic rings. The molecule has 0 unspecified atom stereocenters. The van der Waals surface area contributed by atoms with E-state index >= 15 is 0 Å². The maximum atomic E-state index is 12.2. The van der Waals surface area contributed by atoms with Gasteiger partial charge in [0.25, 0.3) is 0 Å². The number of nitrogens with zero attached hydrogens (tertiary/aromatic N) is 1. The van der Waals surface area contributed by atoms with Crippen molar-refractivity contribution in [3.8, 4) is 5.75 Å². The summed E-state index contributed by atoms with van der Waals surface area (Å²) in [6.45, 7) is 4.65. The Morgan fingerprint density at radius 1 is 1.11 bits per heavy atom. The summed E-state index contributed by atoms with van der Waals surface area (Å²) >= 11 is 2.80. The number of hydrogen-bond acceptors (Lipinski definition) is 5.